The van der Waals surface area contributed by atoms with Crippen molar-refractivity contribution in [1.82, 2.24) is 0 Å². The summed E-state index contributed by atoms with van der Waals surface area (Å²) in [6.45, 7) is 5.53. The number of benzene rings is 1. The Balaban J connectivity index is 3.18. The van der Waals surface area contributed by atoms with E-state index in [0.29, 0.717) is 41.9 Å². The third-order valence-electron chi connectivity index (χ3n) is 3.30. The van der Waals surface area contributed by atoms with Crippen LogP contribution in [0.4, 0.5) is 0 Å². The second kappa shape index (κ2) is 11.8. The molecule has 0 N–H and O–H groups in total. The summed E-state index contributed by atoms with van der Waals surface area (Å²) in [5.41, 5.74) is 0.303. The van der Waals surface area contributed by atoms with Gasteiger partial charge >= 0.3 is 5.97 Å². The van der Waals surface area contributed by atoms with Gasteiger partial charge in [-0.2, -0.15) is 0 Å². The van der Waals surface area contributed by atoms with Crippen LogP contribution < -0.4 is 14.2 Å². The van der Waals surface area contributed by atoms with Crippen LogP contribution in [0.25, 0.3) is 0 Å². The fourth-order valence-corrected chi connectivity index (χ4v) is 2.07. The highest BCUT2D eigenvalue weighted by Crippen LogP contribution is 2.41. The number of alkyl halides is 1. The number of hydrogen-bond acceptors (Lipinski definition) is 5. The van der Waals surface area contributed by atoms with E-state index < -0.39 is 5.97 Å². The van der Waals surface area contributed by atoms with E-state index in [1.54, 1.807) is 12.1 Å². The molecule has 6 heteroatoms. The van der Waals surface area contributed by atoms with Gasteiger partial charge in [-0.25, -0.2) is 4.79 Å². The lowest BCUT2D eigenvalue weighted by molar-refractivity contribution is 0.0595. The number of carbonyl (C=O) groups excluding carboxylic acids is 1. The molecule has 0 saturated carbocycles. The van der Waals surface area contributed by atoms with E-state index in [-0.39, 0.29) is 6.61 Å². The summed E-state index contributed by atoms with van der Waals surface area (Å²) >= 11 is 5.73. The molecule has 1 aromatic carbocycles. The molecule has 0 aliphatic heterocycles. The first kappa shape index (κ1) is 20.4. The van der Waals surface area contributed by atoms with Crippen LogP contribution in [0.15, 0.2) is 12.1 Å². The van der Waals surface area contributed by atoms with E-state index in [9.17, 15) is 4.79 Å². The molecule has 0 saturated heterocycles. The van der Waals surface area contributed by atoms with Crippen molar-refractivity contribution in [2.45, 2.75) is 39.5 Å². The van der Waals surface area contributed by atoms with Crippen molar-refractivity contribution in [3.8, 4) is 17.2 Å². The fourth-order valence-electron chi connectivity index (χ4n) is 1.99. The summed E-state index contributed by atoms with van der Waals surface area (Å²) in [6, 6.07) is 3.35. The summed E-state index contributed by atoms with van der Waals surface area (Å²) in [7, 11) is 1.33. The summed E-state index contributed by atoms with van der Waals surface area (Å²) in [4.78, 5) is 12.0. The average molecular weight is 359 g/mol. The molecule has 0 amide bonds. The molecule has 0 spiro atoms. The smallest absolute Gasteiger partial charge is 0.341 e. The molecule has 0 aromatic heterocycles. The highest BCUT2D eigenvalue weighted by atomic mass is 35.5. The maximum Gasteiger partial charge on any atom is 0.341 e. The first-order valence-corrected chi connectivity index (χ1v) is 8.92. The Morgan fingerprint density at radius 1 is 0.958 bits per heavy atom. The van der Waals surface area contributed by atoms with Crippen molar-refractivity contribution in [2.75, 3.05) is 32.8 Å². The molecular formula is C18H27ClO5. The van der Waals surface area contributed by atoms with Crippen molar-refractivity contribution >= 4 is 17.6 Å². The van der Waals surface area contributed by atoms with E-state index in [1.807, 2.05) is 0 Å². The lowest BCUT2D eigenvalue weighted by atomic mass is 10.1. The molecule has 1 rings (SSSR count). The van der Waals surface area contributed by atoms with Gasteiger partial charge in [0.15, 0.2) is 11.5 Å². The molecule has 5 nitrogen and oxygen atoms in total. The predicted octanol–water partition coefficient (Wildman–Crippen LogP) is 4.45. The predicted molar refractivity (Wildman–Crippen MR) is 94.8 cm³/mol. The zero-order valence-electron chi connectivity index (χ0n) is 14.7. The number of rotatable bonds is 12. The molecule has 136 valence electrons. The standard InChI is InChI=1S/C18H27ClO5/c1-4-6-11-22-15-9-8-14(18(20)21-3)16(24-13-10-19)17(15)23-12-7-5-2/h8-9H,4-7,10-13H2,1-3H3. The van der Waals surface area contributed by atoms with Crippen LogP contribution in [0.5, 0.6) is 17.2 Å². The van der Waals surface area contributed by atoms with E-state index in [1.165, 1.54) is 7.11 Å². The minimum atomic E-state index is -0.486. The number of methoxy groups -OCH3 is 1. The van der Waals surface area contributed by atoms with Gasteiger partial charge in [-0.05, 0) is 25.0 Å². The summed E-state index contributed by atoms with van der Waals surface area (Å²) in [6.07, 6.45) is 3.86. The lowest BCUT2D eigenvalue weighted by Gasteiger charge is -2.18. The van der Waals surface area contributed by atoms with Crippen LogP contribution in [0, 0.1) is 0 Å². The van der Waals surface area contributed by atoms with Crippen LogP contribution in [0.2, 0.25) is 0 Å². The maximum absolute atomic E-state index is 12.0. The van der Waals surface area contributed by atoms with Crippen molar-refractivity contribution in [3.05, 3.63) is 17.7 Å². The van der Waals surface area contributed by atoms with Gasteiger partial charge in [0, 0.05) is 0 Å². The Morgan fingerprint density at radius 3 is 2.17 bits per heavy atom. The normalized spacial score (nSPS) is 10.3. The molecule has 1 aromatic rings. The molecule has 0 fully saturated rings. The second-order valence-electron chi connectivity index (χ2n) is 5.20. The minimum absolute atomic E-state index is 0.258. The third-order valence-corrected chi connectivity index (χ3v) is 3.46. The molecule has 0 heterocycles. The summed E-state index contributed by atoms with van der Waals surface area (Å²) in [5.74, 6) is 1.15. The van der Waals surface area contributed by atoms with Crippen LogP contribution in [-0.2, 0) is 4.74 Å². The molecule has 0 aliphatic rings. The Kier molecular flexibility index (Phi) is 10.1. The van der Waals surface area contributed by atoms with Gasteiger partial charge in [0.05, 0.1) is 26.2 Å². The summed E-state index contributed by atoms with van der Waals surface area (Å²) in [5, 5.41) is 0. The Labute approximate surface area is 149 Å². The largest absolute Gasteiger partial charge is 0.490 e. The first-order chi connectivity index (χ1) is 11.7. The molecule has 24 heavy (non-hydrogen) atoms. The topological polar surface area (TPSA) is 54.0 Å². The van der Waals surface area contributed by atoms with E-state index in [0.717, 1.165) is 25.7 Å². The Hall–Kier alpha value is -1.62. The molecule has 0 radical (unpaired) electrons. The highest BCUT2D eigenvalue weighted by Gasteiger charge is 2.22. The first-order valence-electron chi connectivity index (χ1n) is 8.39. The zero-order valence-corrected chi connectivity index (χ0v) is 15.5. The number of halogens is 1. The van der Waals surface area contributed by atoms with Gasteiger partial charge in [-0.3, -0.25) is 0 Å². The molecular weight excluding hydrogens is 332 g/mol. The quantitative estimate of drug-likeness (QED) is 0.314. The average Bonchev–Trinajstić information content (AvgIpc) is 2.60. The number of hydrogen-bond donors (Lipinski definition) is 0. The SMILES string of the molecule is CCCCOc1ccc(C(=O)OC)c(OCCCl)c1OCCCC. The van der Waals surface area contributed by atoms with Gasteiger partial charge in [0.2, 0.25) is 5.75 Å². The van der Waals surface area contributed by atoms with Gasteiger partial charge in [-0.15, -0.1) is 11.6 Å². The Bertz CT molecular complexity index is 504. The molecule has 0 unspecified atom stereocenters. The van der Waals surface area contributed by atoms with Crippen molar-refractivity contribution < 1.29 is 23.7 Å². The number of esters is 1. The van der Waals surface area contributed by atoms with Crippen molar-refractivity contribution in [2.24, 2.45) is 0 Å². The van der Waals surface area contributed by atoms with Crippen LogP contribution >= 0.6 is 11.6 Å². The number of ether oxygens (including phenoxy) is 4. The van der Waals surface area contributed by atoms with E-state index in [4.69, 9.17) is 30.5 Å². The van der Waals surface area contributed by atoms with Crippen LogP contribution in [0.3, 0.4) is 0 Å². The number of carbonyl (C=O) groups is 1. The van der Waals surface area contributed by atoms with Crippen molar-refractivity contribution in [1.29, 1.82) is 0 Å². The Morgan fingerprint density at radius 2 is 1.58 bits per heavy atom. The number of unbranched alkanes of at least 4 members (excludes halogenated alkanes) is 2. The van der Waals surface area contributed by atoms with Gasteiger partial charge in [0.1, 0.15) is 12.2 Å². The lowest BCUT2D eigenvalue weighted by Crippen LogP contribution is -2.11. The molecule has 0 bridgehead atoms. The van der Waals surface area contributed by atoms with Crippen LogP contribution in [0.1, 0.15) is 49.9 Å². The second-order valence-corrected chi connectivity index (χ2v) is 5.58. The highest BCUT2D eigenvalue weighted by molar-refractivity contribution is 6.18. The van der Waals surface area contributed by atoms with Crippen molar-refractivity contribution in [3.63, 3.8) is 0 Å². The maximum atomic E-state index is 12.0. The van der Waals surface area contributed by atoms with E-state index >= 15 is 0 Å². The fraction of sp³-hybridized carbons (Fsp3) is 0.611. The van der Waals surface area contributed by atoms with E-state index in [2.05, 4.69) is 13.8 Å². The van der Waals surface area contributed by atoms with Gasteiger partial charge in [0.25, 0.3) is 0 Å². The molecule has 0 atom stereocenters. The third kappa shape index (κ3) is 6.11. The minimum Gasteiger partial charge on any atom is -0.490 e. The molecule has 0 aliphatic carbocycles. The van der Waals surface area contributed by atoms with Gasteiger partial charge in [-0.1, -0.05) is 26.7 Å². The van der Waals surface area contributed by atoms with Crippen LogP contribution in [-0.4, -0.2) is 38.8 Å². The summed E-state index contributed by atoms with van der Waals surface area (Å²) < 4.78 is 22.2. The zero-order chi connectivity index (χ0) is 17.8. The van der Waals surface area contributed by atoms with Gasteiger partial charge < -0.3 is 18.9 Å². The monoisotopic (exact) mass is 358 g/mol.